The quantitative estimate of drug-likeness (QED) is 0.793. The lowest BCUT2D eigenvalue weighted by molar-refractivity contribution is 0.1000. The molecule has 0 atom stereocenters. The summed E-state index contributed by atoms with van der Waals surface area (Å²) in [5.41, 5.74) is 5.58. The summed E-state index contributed by atoms with van der Waals surface area (Å²) in [6.45, 7) is 0.952. The van der Waals surface area contributed by atoms with Crippen LogP contribution in [0.2, 0.25) is 0 Å². The van der Waals surface area contributed by atoms with Gasteiger partial charge in [0.05, 0.1) is 5.56 Å². The number of rotatable bonds is 5. The molecule has 0 unspecified atom stereocenters. The van der Waals surface area contributed by atoms with Crippen LogP contribution in [0, 0.1) is 5.92 Å². The molecule has 2 rings (SSSR count). The molecule has 0 spiro atoms. The third-order valence-corrected chi connectivity index (χ3v) is 3.13. The highest BCUT2D eigenvalue weighted by atomic mass is 16.1. The van der Waals surface area contributed by atoms with Crippen molar-refractivity contribution in [3.63, 3.8) is 0 Å². The summed E-state index contributed by atoms with van der Waals surface area (Å²) in [6.07, 6.45) is 6.84. The molecule has 1 aromatic heterocycles. The molecule has 0 radical (unpaired) electrons. The zero-order chi connectivity index (χ0) is 11.4. The Morgan fingerprint density at radius 1 is 1.50 bits per heavy atom. The number of nitrogens with zero attached hydrogens (tertiary/aromatic N) is 1. The number of pyridine rings is 1. The highest BCUT2D eigenvalue weighted by Gasteiger charge is 2.16. The fourth-order valence-corrected chi connectivity index (χ4v) is 1.83. The SMILES string of the molecule is NC(=O)c1ccc(NCCC2CCC2)nc1. The summed E-state index contributed by atoms with van der Waals surface area (Å²) < 4.78 is 0. The minimum absolute atomic E-state index is 0.437. The zero-order valence-electron chi connectivity index (χ0n) is 9.28. The van der Waals surface area contributed by atoms with Gasteiger partial charge in [-0.15, -0.1) is 0 Å². The van der Waals surface area contributed by atoms with Crippen LogP contribution < -0.4 is 11.1 Å². The third-order valence-electron chi connectivity index (χ3n) is 3.13. The molecular weight excluding hydrogens is 202 g/mol. The molecule has 0 aromatic carbocycles. The summed E-state index contributed by atoms with van der Waals surface area (Å²) in [7, 11) is 0. The molecule has 1 aliphatic carbocycles. The van der Waals surface area contributed by atoms with Crippen molar-refractivity contribution in [1.82, 2.24) is 4.98 Å². The Hall–Kier alpha value is -1.58. The lowest BCUT2D eigenvalue weighted by atomic mass is 9.83. The first-order chi connectivity index (χ1) is 7.75. The summed E-state index contributed by atoms with van der Waals surface area (Å²) in [5.74, 6) is 1.27. The molecule has 86 valence electrons. The van der Waals surface area contributed by atoms with Crippen LogP contribution in [0.15, 0.2) is 18.3 Å². The van der Waals surface area contributed by atoms with E-state index < -0.39 is 5.91 Å². The van der Waals surface area contributed by atoms with E-state index in [1.807, 2.05) is 0 Å². The van der Waals surface area contributed by atoms with Crippen LogP contribution in [0.25, 0.3) is 0 Å². The van der Waals surface area contributed by atoms with E-state index >= 15 is 0 Å². The molecule has 0 aliphatic heterocycles. The van der Waals surface area contributed by atoms with Gasteiger partial charge in [0, 0.05) is 12.7 Å². The first-order valence-corrected chi connectivity index (χ1v) is 5.75. The predicted molar refractivity (Wildman–Crippen MR) is 63.2 cm³/mol. The van der Waals surface area contributed by atoms with Crippen LogP contribution in [0.1, 0.15) is 36.0 Å². The van der Waals surface area contributed by atoms with Gasteiger partial charge in [0.15, 0.2) is 0 Å². The minimum atomic E-state index is -0.437. The Kier molecular flexibility index (Phi) is 3.39. The number of aromatic nitrogens is 1. The summed E-state index contributed by atoms with van der Waals surface area (Å²) in [5, 5.41) is 3.25. The van der Waals surface area contributed by atoms with E-state index in [0.29, 0.717) is 5.56 Å². The molecule has 4 heteroatoms. The molecule has 1 fully saturated rings. The van der Waals surface area contributed by atoms with E-state index in [0.717, 1.165) is 18.3 Å². The predicted octanol–water partition coefficient (Wildman–Crippen LogP) is 1.78. The van der Waals surface area contributed by atoms with Crippen LogP contribution in [0.4, 0.5) is 5.82 Å². The number of carbonyl (C=O) groups is 1. The van der Waals surface area contributed by atoms with E-state index in [-0.39, 0.29) is 0 Å². The highest BCUT2D eigenvalue weighted by Crippen LogP contribution is 2.28. The molecule has 1 amide bonds. The van der Waals surface area contributed by atoms with Gasteiger partial charge in [-0.25, -0.2) is 4.98 Å². The molecule has 4 nitrogen and oxygen atoms in total. The first kappa shape index (κ1) is 10.9. The number of hydrogen-bond acceptors (Lipinski definition) is 3. The van der Waals surface area contributed by atoms with Gasteiger partial charge in [0.2, 0.25) is 5.91 Å². The fourth-order valence-electron chi connectivity index (χ4n) is 1.83. The van der Waals surface area contributed by atoms with Gasteiger partial charge in [-0.1, -0.05) is 19.3 Å². The van der Waals surface area contributed by atoms with E-state index in [2.05, 4.69) is 10.3 Å². The van der Waals surface area contributed by atoms with Crippen LogP contribution in [-0.2, 0) is 0 Å². The van der Waals surface area contributed by atoms with Crippen LogP contribution >= 0.6 is 0 Å². The molecule has 0 bridgehead atoms. The normalized spacial score (nSPS) is 15.5. The van der Waals surface area contributed by atoms with Gasteiger partial charge in [-0.2, -0.15) is 0 Å². The molecule has 3 N–H and O–H groups in total. The van der Waals surface area contributed by atoms with E-state index in [9.17, 15) is 4.79 Å². The van der Waals surface area contributed by atoms with Crippen LogP contribution in [-0.4, -0.2) is 17.4 Å². The largest absolute Gasteiger partial charge is 0.370 e. The second-order valence-electron chi connectivity index (χ2n) is 4.31. The van der Waals surface area contributed by atoms with Crippen molar-refractivity contribution in [2.45, 2.75) is 25.7 Å². The fraction of sp³-hybridized carbons (Fsp3) is 0.500. The maximum atomic E-state index is 10.8. The van der Waals surface area contributed by atoms with E-state index in [1.54, 1.807) is 12.1 Å². The Morgan fingerprint density at radius 2 is 2.31 bits per heavy atom. The maximum Gasteiger partial charge on any atom is 0.250 e. The second kappa shape index (κ2) is 4.96. The van der Waals surface area contributed by atoms with Crippen molar-refractivity contribution < 1.29 is 4.79 Å². The average Bonchev–Trinajstić information content (AvgIpc) is 2.22. The Bertz CT molecular complexity index is 357. The third kappa shape index (κ3) is 2.72. The highest BCUT2D eigenvalue weighted by molar-refractivity contribution is 5.92. The first-order valence-electron chi connectivity index (χ1n) is 5.75. The molecule has 16 heavy (non-hydrogen) atoms. The number of hydrogen-bond donors (Lipinski definition) is 2. The number of carbonyl (C=O) groups excluding carboxylic acids is 1. The summed E-state index contributed by atoms with van der Waals surface area (Å²) >= 11 is 0. The lowest BCUT2D eigenvalue weighted by Gasteiger charge is -2.25. The second-order valence-corrected chi connectivity index (χ2v) is 4.31. The summed E-state index contributed by atoms with van der Waals surface area (Å²) in [6, 6.07) is 3.49. The molecule has 1 aromatic rings. The standard InChI is InChI=1S/C12H17N3O/c13-12(16)10-4-5-11(15-8-10)14-7-6-9-2-1-3-9/h4-5,8-9H,1-3,6-7H2,(H2,13,16)(H,14,15). The van der Waals surface area contributed by atoms with Gasteiger partial charge >= 0.3 is 0 Å². The van der Waals surface area contributed by atoms with Gasteiger partial charge in [-0.3, -0.25) is 4.79 Å². The van der Waals surface area contributed by atoms with E-state index in [4.69, 9.17) is 5.73 Å². The molecule has 0 saturated heterocycles. The molecule has 1 aliphatic rings. The van der Waals surface area contributed by atoms with Gasteiger partial charge < -0.3 is 11.1 Å². The number of primary amides is 1. The monoisotopic (exact) mass is 219 g/mol. The maximum absolute atomic E-state index is 10.8. The van der Waals surface area contributed by atoms with E-state index in [1.165, 1.54) is 31.9 Å². The number of amides is 1. The van der Waals surface area contributed by atoms with Crippen molar-refractivity contribution >= 4 is 11.7 Å². The Labute approximate surface area is 95.3 Å². The lowest BCUT2D eigenvalue weighted by Crippen LogP contribution is -2.16. The van der Waals surface area contributed by atoms with Crippen LogP contribution in [0.5, 0.6) is 0 Å². The van der Waals surface area contributed by atoms with Crippen LogP contribution in [0.3, 0.4) is 0 Å². The van der Waals surface area contributed by atoms with Crippen molar-refractivity contribution in [1.29, 1.82) is 0 Å². The molecular formula is C12H17N3O. The van der Waals surface area contributed by atoms with Crippen molar-refractivity contribution in [2.75, 3.05) is 11.9 Å². The minimum Gasteiger partial charge on any atom is -0.370 e. The zero-order valence-corrected chi connectivity index (χ0v) is 9.28. The number of nitrogens with one attached hydrogen (secondary N) is 1. The Morgan fingerprint density at radius 3 is 2.81 bits per heavy atom. The number of nitrogens with two attached hydrogens (primary N) is 1. The summed E-state index contributed by atoms with van der Waals surface area (Å²) in [4.78, 5) is 15.0. The number of anilines is 1. The van der Waals surface area contributed by atoms with Gasteiger partial charge in [-0.05, 0) is 24.5 Å². The van der Waals surface area contributed by atoms with Crippen molar-refractivity contribution in [2.24, 2.45) is 11.7 Å². The van der Waals surface area contributed by atoms with Crippen molar-refractivity contribution in [3.05, 3.63) is 23.9 Å². The molecule has 1 heterocycles. The average molecular weight is 219 g/mol. The van der Waals surface area contributed by atoms with Gasteiger partial charge in [0.25, 0.3) is 0 Å². The van der Waals surface area contributed by atoms with Gasteiger partial charge in [0.1, 0.15) is 5.82 Å². The topological polar surface area (TPSA) is 68.0 Å². The smallest absolute Gasteiger partial charge is 0.250 e. The van der Waals surface area contributed by atoms with Crippen molar-refractivity contribution in [3.8, 4) is 0 Å². The Balaban J connectivity index is 1.78. The molecule has 1 saturated carbocycles.